The molecule has 26 heavy (non-hydrogen) atoms. The quantitative estimate of drug-likeness (QED) is 0.805. The number of hydrogen-bond donors (Lipinski definition) is 0. The van der Waals surface area contributed by atoms with Crippen molar-refractivity contribution in [3.05, 3.63) is 28.4 Å². The highest BCUT2D eigenvalue weighted by Gasteiger charge is 2.27. The number of aromatic nitrogens is 2. The standard InChI is InChI=1S/C20H32N4O2/c1-15(2)18-10-20(26)24(14-21-18)13-16-6-8-23(9-7-16)12-17-4-5-19(25)22(3)11-17/h10,14-17H,4-9,11-13H2,1-3H3. The van der Waals surface area contributed by atoms with Crippen LogP contribution in [-0.2, 0) is 11.3 Å². The zero-order valence-electron chi connectivity index (χ0n) is 16.4. The first-order valence-electron chi connectivity index (χ1n) is 9.95. The van der Waals surface area contributed by atoms with Crippen molar-refractivity contribution in [1.29, 1.82) is 0 Å². The molecule has 144 valence electrons. The summed E-state index contributed by atoms with van der Waals surface area (Å²) in [6, 6.07) is 1.68. The number of likely N-dealkylation sites (tertiary alicyclic amines) is 2. The number of carbonyl (C=O) groups excluding carboxylic acids is 1. The molecular formula is C20H32N4O2. The fraction of sp³-hybridized carbons (Fsp3) is 0.750. The summed E-state index contributed by atoms with van der Waals surface area (Å²) in [5.41, 5.74) is 0.943. The third-order valence-corrected chi connectivity index (χ3v) is 5.89. The molecule has 0 saturated carbocycles. The van der Waals surface area contributed by atoms with E-state index in [-0.39, 0.29) is 17.4 Å². The minimum Gasteiger partial charge on any atom is -0.345 e. The zero-order chi connectivity index (χ0) is 18.7. The first-order valence-corrected chi connectivity index (χ1v) is 9.95. The molecule has 2 aliphatic heterocycles. The van der Waals surface area contributed by atoms with E-state index < -0.39 is 0 Å². The lowest BCUT2D eigenvalue weighted by Gasteiger charge is -2.37. The van der Waals surface area contributed by atoms with E-state index in [1.807, 2.05) is 11.9 Å². The molecule has 0 spiro atoms. The minimum absolute atomic E-state index is 0.0704. The Bertz CT molecular complexity index is 677. The minimum atomic E-state index is 0.0704. The highest BCUT2D eigenvalue weighted by Crippen LogP contribution is 2.23. The normalized spacial score (nSPS) is 23.0. The highest BCUT2D eigenvalue weighted by molar-refractivity contribution is 5.76. The fourth-order valence-electron chi connectivity index (χ4n) is 4.14. The van der Waals surface area contributed by atoms with Gasteiger partial charge in [0.05, 0.1) is 12.0 Å². The Hall–Kier alpha value is -1.69. The predicted molar refractivity (Wildman–Crippen MR) is 102 cm³/mol. The number of nitrogens with zero attached hydrogens (tertiary/aromatic N) is 4. The molecule has 3 heterocycles. The van der Waals surface area contributed by atoms with Gasteiger partial charge in [-0.25, -0.2) is 4.98 Å². The second-order valence-corrected chi connectivity index (χ2v) is 8.38. The van der Waals surface area contributed by atoms with Crippen molar-refractivity contribution in [2.45, 2.75) is 52.0 Å². The summed E-state index contributed by atoms with van der Waals surface area (Å²) in [6.45, 7) is 9.05. The van der Waals surface area contributed by atoms with Crippen LogP contribution in [0.15, 0.2) is 17.2 Å². The fourth-order valence-corrected chi connectivity index (χ4v) is 4.14. The van der Waals surface area contributed by atoms with Gasteiger partial charge < -0.3 is 9.80 Å². The molecule has 1 aromatic rings. The lowest BCUT2D eigenvalue weighted by atomic mass is 9.93. The van der Waals surface area contributed by atoms with Crippen molar-refractivity contribution in [3.8, 4) is 0 Å². The summed E-state index contributed by atoms with van der Waals surface area (Å²) >= 11 is 0. The molecule has 0 bridgehead atoms. The van der Waals surface area contributed by atoms with Crippen molar-refractivity contribution in [2.75, 3.05) is 33.2 Å². The number of carbonyl (C=O) groups is 1. The van der Waals surface area contributed by atoms with Crippen molar-refractivity contribution < 1.29 is 4.79 Å². The lowest BCUT2D eigenvalue weighted by Crippen LogP contribution is -2.44. The maximum Gasteiger partial charge on any atom is 0.253 e. The van der Waals surface area contributed by atoms with E-state index in [1.54, 1.807) is 17.0 Å². The predicted octanol–water partition coefficient (Wildman–Crippen LogP) is 1.95. The molecule has 0 N–H and O–H groups in total. The third-order valence-electron chi connectivity index (χ3n) is 5.89. The van der Waals surface area contributed by atoms with Crippen LogP contribution in [0.25, 0.3) is 0 Å². The SMILES string of the molecule is CC(C)c1cc(=O)n(CC2CCN(CC3CCC(=O)N(C)C3)CC2)cn1. The Labute approximate surface area is 156 Å². The Kier molecular flexibility index (Phi) is 6.12. The molecular weight excluding hydrogens is 328 g/mol. The van der Waals surface area contributed by atoms with Crippen molar-refractivity contribution >= 4 is 5.91 Å². The van der Waals surface area contributed by atoms with Crippen LogP contribution in [0, 0.1) is 11.8 Å². The zero-order valence-corrected chi connectivity index (χ0v) is 16.4. The molecule has 1 unspecified atom stereocenters. The molecule has 6 heteroatoms. The van der Waals surface area contributed by atoms with Gasteiger partial charge in [0.2, 0.25) is 5.91 Å². The van der Waals surface area contributed by atoms with E-state index in [4.69, 9.17) is 0 Å². The van der Waals surface area contributed by atoms with Crippen LogP contribution in [0.1, 0.15) is 51.1 Å². The van der Waals surface area contributed by atoms with Gasteiger partial charge in [0.1, 0.15) is 0 Å². The third kappa shape index (κ3) is 4.72. The van der Waals surface area contributed by atoms with Crippen LogP contribution in [0.2, 0.25) is 0 Å². The van der Waals surface area contributed by atoms with Crippen LogP contribution in [0.4, 0.5) is 0 Å². The van der Waals surface area contributed by atoms with Gasteiger partial charge in [0.15, 0.2) is 0 Å². The molecule has 0 aliphatic carbocycles. The molecule has 0 aromatic carbocycles. The number of hydrogen-bond acceptors (Lipinski definition) is 4. The smallest absolute Gasteiger partial charge is 0.253 e. The van der Waals surface area contributed by atoms with E-state index in [2.05, 4.69) is 23.7 Å². The highest BCUT2D eigenvalue weighted by atomic mass is 16.2. The monoisotopic (exact) mass is 360 g/mol. The molecule has 2 saturated heterocycles. The summed E-state index contributed by atoms with van der Waals surface area (Å²) in [5, 5.41) is 0. The van der Waals surface area contributed by atoms with Gasteiger partial charge in [-0.2, -0.15) is 0 Å². The van der Waals surface area contributed by atoms with Crippen molar-refractivity contribution in [2.24, 2.45) is 11.8 Å². The van der Waals surface area contributed by atoms with Crippen LogP contribution in [0.3, 0.4) is 0 Å². The maximum absolute atomic E-state index is 12.3. The van der Waals surface area contributed by atoms with Gasteiger partial charge in [-0.1, -0.05) is 13.8 Å². The van der Waals surface area contributed by atoms with E-state index in [0.29, 0.717) is 18.3 Å². The Morgan fingerprint density at radius 2 is 1.85 bits per heavy atom. The second kappa shape index (κ2) is 8.33. The molecule has 3 rings (SSSR count). The first kappa shape index (κ1) is 19.1. The lowest BCUT2D eigenvalue weighted by molar-refractivity contribution is -0.133. The summed E-state index contributed by atoms with van der Waals surface area (Å²) in [6.07, 6.45) is 5.69. The topological polar surface area (TPSA) is 58.4 Å². The van der Waals surface area contributed by atoms with E-state index in [9.17, 15) is 9.59 Å². The average Bonchev–Trinajstić information content (AvgIpc) is 2.61. The summed E-state index contributed by atoms with van der Waals surface area (Å²) in [5.74, 6) is 1.72. The van der Waals surface area contributed by atoms with Gasteiger partial charge >= 0.3 is 0 Å². The van der Waals surface area contributed by atoms with E-state index in [1.165, 1.54) is 0 Å². The Morgan fingerprint density at radius 1 is 1.12 bits per heavy atom. The van der Waals surface area contributed by atoms with E-state index >= 15 is 0 Å². The van der Waals surface area contributed by atoms with E-state index in [0.717, 1.165) is 57.7 Å². The van der Waals surface area contributed by atoms with Gasteiger partial charge in [0, 0.05) is 39.2 Å². The largest absolute Gasteiger partial charge is 0.345 e. The maximum atomic E-state index is 12.3. The molecule has 0 radical (unpaired) electrons. The molecule has 6 nitrogen and oxygen atoms in total. The Balaban J connectivity index is 1.47. The first-order chi connectivity index (χ1) is 12.4. The number of piperidine rings is 2. The average molecular weight is 361 g/mol. The van der Waals surface area contributed by atoms with Crippen LogP contribution >= 0.6 is 0 Å². The molecule has 2 fully saturated rings. The summed E-state index contributed by atoms with van der Waals surface area (Å²) in [4.78, 5) is 32.7. The van der Waals surface area contributed by atoms with Crippen LogP contribution in [-0.4, -0.2) is 58.5 Å². The van der Waals surface area contributed by atoms with Gasteiger partial charge in [-0.05, 0) is 50.1 Å². The summed E-state index contributed by atoms with van der Waals surface area (Å²) in [7, 11) is 1.91. The van der Waals surface area contributed by atoms with Crippen molar-refractivity contribution in [1.82, 2.24) is 19.4 Å². The molecule has 1 aromatic heterocycles. The van der Waals surface area contributed by atoms with Gasteiger partial charge in [-0.15, -0.1) is 0 Å². The second-order valence-electron chi connectivity index (χ2n) is 8.38. The Morgan fingerprint density at radius 3 is 2.46 bits per heavy atom. The molecule has 2 aliphatic rings. The molecule has 1 amide bonds. The molecule has 1 atom stereocenters. The van der Waals surface area contributed by atoms with Crippen molar-refractivity contribution in [3.63, 3.8) is 0 Å². The van der Waals surface area contributed by atoms with Crippen LogP contribution < -0.4 is 5.56 Å². The van der Waals surface area contributed by atoms with Crippen LogP contribution in [0.5, 0.6) is 0 Å². The summed E-state index contributed by atoms with van der Waals surface area (Å²) < 4.78 is 1.77. The number of rotatable bonds is 5. The van der Waals surface area contributed by atoms with Gasteiger partial charge in [-0.3, -0.25) is 14.2 Å². The van der Waals surface area contributed by atoms with Gasteiger partial charge in [0.25, 0.3) is 5.56 Å². The number of amides is 1.